The molecule has 0 aromatic carbocycles. The quantitative estimate of drug-likeness (QED) is 0.896. The number of ether oxygens (including phenoxy) is 1. The summed E-state index contributed by atoms with van der Waals surface area (Å²) in [5.74, 6) is 0.712. The molecule has 0 radical (unpaired) electrons. The molecule has 96 valence electrons. The molecule has 18 heavy (non-hydrogen) atoms. The van der Waals surface area contributed by atoms with E-state index in [1.54, 1.807) is 0 Å². The van der Waals surface area contributed by atoms with Gasteiger partial charge in [-0.2, -0.15) is 4.98 Å². The molecule has 0 aliphatic heterocycles. The second kappa shape index (κ2) is 4.57. The highest BCUT2D eigenvalue weighted by Gasteiger charge is 2.30. The third kappa shape index (κ3) is 2.06. The van der Waals surface area contributed by atoms with Crippen LogP contribution in [-0.4, -0.2) is 33.4 Å². The first kappa shape index (κ1) is 11.5. The van der Waals surface area contributed by atoms with Crippen LogP contribution in [0.1, 0.15) is 25.5 Å². The van der Waals surface area contributed by atoms with Crippen molar-refractivity contribution in [2.45, 2.75) is 38.8 Å². The fourth-order valence-electron chi connectivity index (χ4n) is 2.33. The number of hydrogen-bond acceptors (Lipinski definition) is 4. The Hall–Kier alpha value is -1.62. The zero-order valence-electron chi connectivity index (χ0n) is 10.8. The molecule has 5 nitrogen and oxygen atoms in total. The number of aryl methyl sites for hydroxylation is 1. The maximum absolute atomic E-state index is 5.54. The third-order valence-corrected chi connectivity index (χ3v) is 3.38. The number of nitrogens with zero attached hydrogens (tertiary/aromatic N) is 3. The molecule has 0 bridgehead atoms. The molecule has 1 aliphatic carbocycles. The summed E-state index contributed by atoms with van der Waals surface area (Å²) in [5, 5.41) is 7.82. The largest absolute Gasteiger partial charge is 0.378 e. The molecule has 1 fully saturated rings. The summed E-state index contributed by atoms with van der Waals surface area (Å²) in [6.45, 7) is 4.86. The van der Waals surface area contributed by atoms with Crippen LogP contribution in [0.25, 0.3) is 5.65 Å². The minimum absolute atomic E-state index is 0.409. The Morgan fingerprint density at radius 1 is 1.44 bits per heavy atom. The highest BCUT2D eigenvalue weighted by molar-refractivity contribution is 5.44. The molecule has 1 aliphatic rings. The predicted molar refractivity (Wildman–Crippen MR) is 69.8 cm³/mol. The van der Waals surface area contributed by atoms with Gasteiger partial charge in [0.15, 0.2) is 5.65 Å². The number of nitrogens with one attached hydrogen (secondary N) is 1. The molecule has 2 aromatic rings. The number of rotatable bonds is 4. The van der Waals surface area contributed by atoms with E-state index in [-0.39, 0.29) is 0 Å². The van der Waals surface area contributed by atoms with Crippen LogP contribution in [0.3, 0.4) is 0 Å². The first-order valence-electron chi connectivity index (χ1n) is 6.47. The number of aromatic nitrogens is 3. The van der Waals surface area contributed by atoms with E-state index in [1.807, 2.05) is 36.6 Å². The van der Waals surface area contributed by atoms with Gasteiger partial charge >= 0.3 is 0 Å². The highest BCUT2D eigenvalue weighted by atomic mass is 16.5. The second-order valence-electron chi connectivity index (χ2n) is 4.76. The van der Waals surface area contributed by atoms with Gasteiger partial charge in [-0.25, -0.2) is 4.52 Å². The van der Waals surface area contributed by atoms with Crippen LogP contribution in [0.15, 0.2) is 18.2 Å². The average molecular weight is 246 g/mol. The van der Waals surface area contributed by atoms with Crippen molar-refractivity contribution in [3.8, 4) is 0 Å². The lowest BCUT2D eigenvalue weighted by Gasteiger charge is -2.34. The molecule has 0 spiro atoms. The van der Waals surface area contributed by atoms with Gasteiger partial charge in [0.2, 0.25) is 5.95 Å². The topological polar surface area (TPSA) is 51.5 Å². The van der Waals surface area contributed by atoms with Crippen molar-refractivity contribution in [2.75, 3.05) is 11.9 Å². The Kier molecular flexibility index (Phi) is 2.91. The van der Waals surface area contributed by atoms with Gasteiger partial charge in [0.25, 0.3) is 0 Å². The van der Waals surface area contributed by atoms with Crippen molar-refractivity contribution in [3.05, 3.63) is 23.9 Å². The lowest BCUT2D eigenvalue weighted by molar-refractivity contribution is 0.00285. The first-order valence-corrected chi connectivity index (χ1v) is 6.47. The summed E-state index contributed by atoms with van der Waals surface area (Å²) in [6, 6.07) is 6.44. The number of pyridine rings is 1. The predicted octanol–water partition coefficient (Wildman–Crippen LogP) is 2.02. The summed E-state index contributed by atoms with van der Waals surface area (Å²) < 4.78 is 7.40. The Morgan fingerprint density at radius 3 is 3.00 bits per heavy atom. The highest BCUT2D eigenvalue weighted by Crippen LogP contribution is 2.25. The summed E-state index contributed by atoms with van der Waals surface area (Å²) in [6.07, 6.45) is 2.50. The van der Waals surface area contributed by atoms with E-state index in [0.29, 0.717) is 18.1 Å². The number of hydrogen-bond donors (Lipinski definition) is 1. The summed E-state index contributed by atoms with van der Waals surface area (Å²) in [5.41, 5.74) is 1.98. The van der Waals surface area contributed by atoms with Crippen LogP contribution in [0.4, 0.5) is 5.95 Å². The van der Waals surface area contributed by atoms with Gasteiger partial charge in [0.05, 0.1) is 6.10 Å². The Bertz CT molecular complexity index is 545. The van der Waals surface area contributed by atoms with Gasteiger partial charge in [-0.1, -0.05) is 6.07 Å². The molecule has 2 heterocycles. The van der Waals surface area contributed by atoms with Gasteiger partial charge in [-0.05, 0) is 38.8 Å². The Labute approximate surface area is 106 Å². The van der Waals surface area contributed by atoms with Crippen molar-refractivity contribution in [1.29, 1.82) is 0 Å². The average Bonchev–Trinajstić information content (AvgIpc) is 2.71. The maximum Gasteiger partial charge on any atom is 0.243 e. The Morgan fingerprint density at radius 2 is 2.28 bits per heavy atom. The molecule has 0 atom stereocenters. The minimum atomic E-state index is 0.409. The monoisotopic (exact) mass is 246 g/mol. The van der Waals surface area contributed by atoms with E-state index in [4.69, 9.17) is 4.74 Å². The van der Waals surface area contributed by atoms with Crippen molar-refractivity contribution in [1.82, 2.24) is 14.6 Å². The van der Waals surface area contributed by atoms with E-state index in [0.717, 1.165) is 30.8 Å². The van der Waals surface area contributed by atoms with E-state index in [2.05, 4.69) is 15.4 Å². The van der Waals surface area contributed by atoms with Gasteiger partial charge in [0, 0.05) is 18.3 Å². The summed E-state index contributed by atoms with van der Waals surface area (Å²) >= 11 is 0. The molecule has 3 rings (SSSR count). The molecule has 1 saturated carbocycles. The molecule has 0 amide bonds. The Balaban J connectivity index is 1.67. The number of anilines is 1. The van der Waals surface area contributed by atoms with Gasteiger partial charge in [-0.3, -0.25) is 0 Å². The normalized spacial score (nSPS) is 23.0. The smallest absolute Gasteiger partial charge is 0.243 e. The molecular formula is C13H18N4O. The zero-order valence-corrected chi connectivity index (χ0v) is 10.8. The van der Waals surface area contributed by atoms with Gasteiger partial charge in [-0.15, -0.1) is 5.10 Å². The van der Waals surface area contributed by atoms with Crippen molar-refractivity contribution < 1.29 is 4.74 Å². The van der Waals surface area contributed by atoms with Crippen LogP contribution in [-0.2, 0) is 4.74 Å². The van der Waals surface area contributed by atoms with Crippen molar-refractivity contribution in [2.24, 2.45) is 0 Å². The molecule has 1 N–H and O–H groups in total. The fraction of sp³-hybridized carbons (Fsp3) is 0.538. The van der Waals surface area contributed by atoms with Gasteiger partial charge < -0.3 is 10.1 Å². The van der Waals surface area contributed by atoms with Gasteiger partial charge in [0.1, 0.15) is 0 Å². The standard InChI is InChI=1S/C13H18N4O/c1-3-18-11-7-10(8-11)14-13-15-12-6-4-5-9(2)17(12)16-13/h4-6,10-11H,3,7-8H2,1-2H3,(H,14,16). The fourth-order valence-corrected chi connectivity index (χ4v) is 2.33. The van der Waals surface area contributed by atoms with Crippen LogP contribution in [0, 0.1) is 6.92 Å². The lowest BCUT2D eigenvalue weighted by Crippen LogP contribution is -2.41. The van der Waals surface area contributed by atoms with Crippen LogP contribution in [0.5, 0.6) is 0 Å². The third-order valence-electron chi connectivity index (χ3n) is 3.38. The summed E-state index contributed by atoms with van der Waals surface area (Å²) in [7, 11) is 0. The van der Waals surface area contributed by atoms with Crippen LogP contribution < -0.4 is 5.32 Å². The van der Waals surface area contributed by atoms with Crippen molar-refractivity contribution in [3.63, 3.8) is 0 Å². The SMILES string of the molecule is CCOC1CC(Nc2nc3cccc(C)n3n2)C1. The van der Waals surface area contributed by atoms with Crippen LogP contribution in [0.2, 0.25) is 0 Å². The van der Waals surface area contributed by atoms with E-state index in [1.165, 1.54) is 0 Å². The van der Waals surface area contributed by atoms with E-state index < -0.39 is 0 Å². The second-order valence-corrected chi connectivity index (χ2v) is 4.76. The van der Waals surface area contributed by atoms with E-state index >= 15 is 0 Å². The van der Waals surface area contributed by atoms with E-state index in [9.17, 15) is 0 Å². The van der Waals surface area contributed by atoms with Crippen molar-refractivity contribution >= 4 is 11.6 Å². The summed E-state index contributed by atoms with van der Waals surface area (Å²) in [4.78, 5) is 4.47. The lowest BCUT2D eigenvalue weighted by atomic mass is 9.89. The molecule has 0 saturated heterocycles. The molecule has 2 aromatic heterocycles. The maximum atomic E-state index is 5.54. The van der Waals surface area contributed by atoms with Crippen LogP contribution >= 0.6 is 0 Å². The molecule has 5 heteroatoms. The number of fused-ring (bicyclic) bond motifs is 1. The molecule has 0 unspecified atom stereocenters. The first-order chi connectivity index (χ1) is 8.76. The molecular weight excluding hydrogens is 228 g/mol. The minimum Gasteiger partial charge on any atom is -0.378 e. The zero-order chi connectivity index (χ0) is 12.5.